The van der Waals surface area contributed by atoms with Crippen LogP contribution in [0.15, 0.2) is 40.9 Å². The van der Waals surface area contributed by atoms with Gasteiger partial charge in [-0.25, -0.2) is 0 Å². The van der Waals surface area contributed by atoms with Gasteiger partial charge in [0.15, 0.2) is 0 Å². The molecule has 1 atom stereocenters. The van der Waals surface area contributed by atoms with Crippen molar-refractivity contribution in [1.29, 1.82) is 0 Å². The van der Waals surface area contributed by atoms with E-state index in [9.17, 15) is 0 Å². The van der Waals surface area contributed by atoms with Crippen LogP contribution >= 0.6 is 39.1 Å². The van der Waals surface area contributed by atoms with Crippen molar-refractivity contribution in [3.05, 3.63) is 56.5 Å². The number of halogens is 3. The Morgan fingerprint density at radius 2 is 1.90 bits per heavy atom. The van der Waals surface area contributed by atoms with Crippen LogP contribution in [0.4, 0.5) is 0 Å². The molecule has 0 saturated heterocycles. The normalized spacial score (nSPS) is 12.2. The number of hydrogen-bond acceptors (Lipinski definition) is 2. The number of rotatable bonds is 5. The first kappa shape index (κ1) is 16.6. The molecule has 2 nitrogen and oxygen atoms in total. The predicted molar refractivity (Wildman–Crippen MR) is 92.6 cm³/mol. The Bertz CT molecular complexity index is 634. The predicted octanol–water partition coefficient (Wildman–Crippen LogP) is 5.83. The van der Waals surface area contributed by atoms with Crippen LogP contribution < -0.4 is 10.5 Å². The second kappa shape index (κ2) is 7.50. The molecule has 0 heterocycles. The van der Waals surface area contributed by atoms with E-state index in [2.05, 4.69) is 22.9 Å². The van der Waals surface area contributed by atoms with Gasteiger partial charge in [-0.2, -0.15) is 0 Å². The summed E-state index contributed by atoms with van der Waals surface area (Å²) in [6, 6.07) is 11.1. The summed E-state index contributed by atoms with van der Waals surface area (Å²) in [6.45, 7) is 2.06. The summed E-state index contributed by atoms with van der Waals surface area (Å²) < 4.78 is 6.85. The van der Waals surface area contributed by atoms with Crippen molar-refractivity contribution in [2.24, 2.45) is 5.73 Å². The monoisotopic (exact) mass is 387 g/mol. The van der Waals surface area contributed by atoms with Gasteiger partial charge in [0, 0.05) is 15.5 Å². The maximum Gasteiger partial charge on any atom is 0.147 e. The lowest BCUT2D eigenvalue weighted by Crippen LogP contribution is -2.21. The van der Waals surface area contributed by atoms with E-state index in [0.29, 0.717) is 22.2 Å². The van der Waals surface area contributed by atoms with E-state index in [1.165, 1.54) is 0 Å². The Hall–Kier alpha value is -0.740. The molecule has 21 heavy (non-hydrogen) atoms. The highest BCUT2D eigenvalue weighted by molar-refractivity contribution is 9.10. The molecule has 2 N–H and O–H groups in total. The van der Waals surface area contributed by atoms with Crippen molar-refractivity contribution in [3.8, 4) is 11.5 Å². The number of hydrogen-bond donors (Lipinski definition) is 1. The topological polar surface area (TPSA) is 35.2 Å². The Kier molecular flexibility index (Phi) is 5.94. The molecule has 0 bridgehead atoms. The fraction of sp³-hybridized carbons (Fsp3) is 0.250. The van der Waals surface area contributed by atoms with E-state index in [1.807, 2.05) is 24.3 Å². The SMILES string of the molecule is CCC(N)Cc1cc(Cl)ccc1Oc1cc(Br)ccc1Cl. The molecule has 0 amide bonds. The molecule has 5 heteroatoms. The number of nitrogens with two attached hydrogens (primary N) is 1. The van der Waals surface area contributed by atoms with Gasteiger partial charge in [0.05, 0.1) is 5.02 Å². The Balaban J connectivity index is 2.32. The van der Waals surface area contributed by atoms with Crippen molar-refractivity contribution >= 4 is 39.1 Å². The third-order valence-corrected chi connectivity index (χ3v) is 4.18. The van der Waals surface area contributed by atoms with Gasteiger partial charge in [-0.15, -0.1) is 0 Å². The molecular formula is C16H16BrCl2NO. The molecule has 0 aliphatic carbocycles. The van der Waals surface area contributed by atoms with Gasteiger partial charge in [0.25, 0.3) is 0 Å². The van der Waals surface area contributed by atoms with Gasteiger partial charge in [0.1, 0.15) is 11.5 Å². The van der Waals surface area contributed by atoms with Crippen LogP contribution in [0.1, 0.15) is 18.9 Å². The second-order valence-electron chi connectivity index (χ2n) is 4.80. The fourth-order valence-electron chi connectivity index (χ4n) is 1.91. The van der Waals surface area contributed by atoms with Crippen LogP contribution in [-0.4, -0.2) is 6.04 Å². The lowest BCUT2D eigenvalue weighted by Gasteiger charge is -2.15. The van der Waals surface area contributed by atoms with Gasteiger partial charge < -0.3 is 10.5 Å². The molecule has 0 spiro atoms. The summed E-state index contributed by atoms with van der Waals surface area (Å²) in [5.74, 6) is 1.32. The molecule has 0 saturated carbocycles. The average molecular weight is 389 g/mol. The molecule has 0 aromatic heterocycles. The average Bonchev–Trinajstić information content (AvgIpc) is 2.45. The minimum Gasteiger partial charge on any atom is -0.455 e. The van der Waals surface area contributed by atoms with Crippen molar-refractivity contribution < 1.29 is 4.74 Å². The molecule has 2 aromatic rings. The van der Waals surface area contributed by atoms with Gasteiger partial charge in [-0.3, -0.25) is 0 Å². The quantitative estimate of drug-likeness (QED) is 0.699. The highest BCUT2D eigenvalue weighted by Crippen LogP contribution is 2.34. The van der Waals surface area contributed by atoms with E-state index >= 15 is 0 Å². The molecule has 2 aromatic carbocycles. The fourth-order valence-corrected chi connectivity index (χ4v) is 2.60. The summed E-state index contributed by atoms with van der Waals surface area (Å²) in [7, 11) is 0. The van der Waals surface area contributed by atoms with Crippen LogP contribution in [0.2, 0.25) is 10.0 Å². The van der Waals surface area contributed by atoms with Crippen molar-refractivity contribution in [1.82, 2.24) is 0 Å². The molecule has 0 fully saturated rings. The smallest absolute Gasteiger partial charge is 0.147 e. The van der Waals surface area contributed by atoms with Crippen LogP contribution in [0.25, 0.3) is 0 Å². The highest BCUT2D eigenvalue weighted by Gasteiger charge is 2.11. The lowest BCUT2D eigenvalue weighted by atomic mass is 10.0. The number of benzene rings is 2. The van der Waals surface area contributed by atoms with Crippen LogP contribution in [-0.2, 0) is 6.42 Å². The molecule has 112 valence electrons. The van der Waals surface area contributed by atoms with Gasteiger partial charge >= 0.3 is 0 Å². The third kappa shape index (κ3) is 4.62. The van der Waals surface area contributed by atoms with Crippen molar-refractivity contribution in [3.63, 3.8) is 0 Å². The molecule has 0 aliphatic rings. The first-order valence-corrected chi connectivity index (χ1v) is 8.21. The first-order chi connectivity index (χ1) is 9.99. The minimum absolute atomic E-state index is 0.0730. The van der Waals surface area contributed by atoms with Gasteiger partial charge in [-0.05, 0) is 54.8 Å². The zero-order valence-electron chi connectivity index (χ0n) is 11.6. The summed E-state index contributed by atoms with van der Waals surface area (Å²) in [6.07, 6.45) is 1.60. The lowest BCUT2D eigenvalue weighted by molar-refractivity contribution is 0.472. The van der Waals surface area contributed by atoms with E-state index in [4.69, 9.17) is 33.7 Å². The Labute approximate surface area is 143 Å². The minimum atomic E-state index is 0.0730. The summed E-state index contributed by atoms with van der Waals surface area (Å²) in [5.41, 5.74) is 7.02. The molecule has 1 unspecified atom stereocenters. The summed E-state index contributed by atoms with van der Waals surface area (Å²) in [4.78, 5) is 0. The van der Waals surface area contributed by atoms with Crippen LogP contribution in [0.3, 0.4) is 0 Å². The maximum absolute atomic E-state index is 6.17. The maximum atomic E-state index is 6.17. The summed E-state index contributed by atoms with van der Waals surface area (Å²) in [5, 5.41) is 1.22. The molecule has 0 aliphatic heterocycles. The van der Waals surface area contributed by atoms with E-state index in [-0.39, 0.29) is 6.04 Å². The molecule has 2 rings (SSSR count). The Morgan fingerprint density at radius 3 is 2.62 bits per heavy atom. The van der Waals surface area contributed by atoms with Gasteiger partial charge in [0.2, 0.25) is 0 Å². The summed E-state index contributed by atoms with van der Waals surface area (Å²) >= 11 is 15.7. The first-order valence-electron chi connectivity index (χ1n) is 6.66. The molecular weight excluding hydrogens is 373 g/mol. The zero-order chi connectivity index (χ0) is 15.4. The third-order valence-electron chi connectivity index (χ3n) is 3.14. The Morgan fingerprint density at radius 1 is 1.14 bits per heavy atom. The second-order valence-corrected chi connectivity index (χ2v) is 6.56. The largest absolute Gasteiger partial charge is 0.455 e. The van der Waals surface area contributed by atoms with Crippen LogP contribution in [0, 0.1) is 0 Å². The van der Waals surface area contributed by atoms with Crippen molar-refractivity contribution in [2.45, 2.75) is 25.8 Å². The highest BCUT2D eigenvalue weighted by atomic mass is 79.9. The van der Waals surface area contributed by atoms with Crippen molar-refractivity contribution in [2.75, 3.05) is 0 Å². The standard InChI is InChI=1S/C16H16BrCl2NO/c1-2-13(20)8-10-7-12(18)4-6-15(10)21-16-9-11(17)3-5-14(16)19/h3-7,9,13H,2,8,20H2,1H3. The zero-order valence-corrected chi connectivity index (χ0v) is 14.7. The van der Waals surface area contributed by atoms with E-state index in [0.717, 1.165) is 22.2 Å². The van der Waals surface area contributed by atoms with E-state index in [1.54, 1.807) is 12.1 Å². The van der Waals surface area contributed by atoms with Crippen LogP contribution in [0.5, 0.6) is 11.5 Å². The van der Waals surface area contributed by atoms with Gasteiger partial charge in [-0.1, -0.05) is 46.1 Å². The van der Waals surface area contributed by atoms with E-state index < -0.39 is 0 Å². The number of ether oxygens (including phenoxy) is 1. The molecule has 0 radical (unpaired) electrons.